The normalized spacial score (nSPS) is 12.4. The molecule has 0 aliphatic heterocycles. The van der Waals surface area contributed by atoms with Crippen LogP contribution in [-0.2, 0) is 9.36 Å². The van der Waals surface area contributed by atoms with E-state index >= 15 is 0 Å². The van der Waals surface area contributed by atoms with Gasteiger partial charge >= 0.3 is 0 Å². The van der Waals surface area contributed by atoms with Gasteiger partial charge in [-0.15, -0.1) is 0 Å². The zero-order chi connectivity index (χ0) is 10.9. The van der Waals surface area contributed by atoms with Gasteiger partial charge in [0.25, 0.3) is 15.3 Å². The summed E-state index contributed by atoms with van der Waals surface area (Å²) in [6.07, 6.45) is 0. The second-order valence-corrected chi connectivity index (χ2v) is 5.44. The Hall–Kier alpha value is 0.160. The Labute approximate surface area is 87.3 Å². The van der Waals surface area contributed by atoms with Crippen molar-refractivity contribution in [3.05, 3.63) is 0 Å². The third kappa shape index (κ3) is 4.81. The zero-order valence-electron chi connectivity index (χ0n) is 5.62. The molecule has 0 rings (SSSR count). The van der Waals surface area contributed by atoms with Crippen LogP contribution >= 0.6 is 42.4 Å². The molecule has 0 aromatic carbocycles. The number of halogens is 3. The van der Waals surface area contributed by atoms with Crippen molar-refractivity contribution in [2.75, 3.05) is 0 Å². The minimum Gasteiger partial charge on any atom is -0.804 e. The Balaban J connectivity index is 4.43. The van der Waals surface area contributed by atoms with Crippen molar-refractivity contribution in [1.82, 2.24) is 5.32 Å². The molecule has 0 spiro atoms. The van der Waals surface area contributed by atoms with Gasteiger partial charge in [0.15, 0.2) is 0 Å². The van der Waals surface area contributed by atoms with Crippen LogP contribution in [0.1, 0.15) is 0 Å². The summed E-state index contributed by atoms with van der Waals surface area (Å²) in [6.45, 7) is 0. The number of nitrogens with one attached hydrogen (secondary N) is 1. The summed E-state index contributed by atoms with van der Waals surface area (Å²) in [5, 5.41) is 1.10. The maximum atomic E-state index is 10.6. The predicted molar refractivity (Wildman–Crippen MR) is 41.4 cm³/mol. The number of carbonyl (C=O) groups excluding carboxylic acids is 2. The van der Waals surface area contributed by atoms with Gasteiger partial charge in [-0.25, -0.2) is 0 Å². The van der Waals surface area contributed by atoms with E-state index in [1.165, 1.54) is 0 Å². The minimum absolute atomic E-state index is 1.10. The number of hydrogen-bond acceptors (Lipinski definition) is 5. The largest absolute Gasteiger partial charge is 0.804 e. The molecule has 0 saturated carbocycles. The van der Waals surface area contributed by atoms with Crippen LogP contribution < -0.4 is 15.1 Å². The summed E-state index contributed by atoms with van der Waals surface area (Å²) < 4.78 is 7.48. The van der Waals surface area contributed by atoms with Crippen LogP contribution in [0.3, 0.4) is 0 Å². The van der Waals surface area contributed by atoms with Crippen molar-refractivity contribution in [3.63, 3.8) is 0 Å². The third-order valence-electron chi connectivity index (χ3n) is 0.727. The average molecular weight is 268 g/mol. The van der Waals surface area contributed by atoms with E-state index in [0.717, 1.165) is 5.32 Å². The molecule has 1 N–H and O–H groups in total. The lowest BCUT2D eigenvalue weighted by atomic mass is 10.7. The smallest absolute Gasteiger partial charge is 0.278 e. The highest BCUT2D eigenvalue weighted by molar-refractivity contribution is 7.67. The molecule has 0 saturated heterocycles. The molecule has 0 radical (unpaired) electrons. The number of carbonyl (C=O) groups is 2. The zero-order valence-corrected chi connectivity index (χ0v) is 8.78. The molecular weight excluding hydrogens is 267 g/mol. The Kier molecular flexibility index (Phi) is 4.18. The van der Waals surface area contributed by atoms with Gasteiger partial charge in [-0.2, -0.15) is 0 Å². The highest BCUT2D eigenvalue weighted by Gasteiger charge is 2.32. The number of rotatable bonds is 1. The molecule has 0 bridgehead atoms. The van der Waals surface area contributed by atoms with Gasteiger partial charge in [0.2, 0.25) is 0 Å². The van der Waals surface area contributed by atoms with Crippen molar-refractivity contribution in [3.8, 4) is 0 Å². The van der Waals surface area contributed by atoms with E-state index < -0.39 is 22.9 Å². The lowest BCUT2D eigenvalue weighted by Crippen LogP contribution is -2.41. The summed E-state index contributed by atoms with van der Waals surface area (Å²) in [5.74, 6) is -1.51. The standard InChI is InChI=1S/C3H3Cl3NO5P/c4-3(5,6)1(8)7-2(9)13(10,11)12/h(H,7,8,9)(H2,10,11,12)/p-2. The highest BCUT2D eigenvalue weighted by atomic mass is 35.6. The molecule has 0 aliphatic carbocycles. The lowest BCUT2D eigenvalue weighted by Gasteiger charge is -2.27. The van der Waals surface area contributed by atoms with E-state index in [9.17, 15) is 23.9 Å². The van der Waals surface area contributed by atoms with Crippen molar-refractivity contribution >= 4 is 54.0 Å². The summed E-state index contributed by atoms with van der Waals surface area (Å²) in [4.78, 5) is 40.9. The molecule has 0 unspecified atom stereocenters. The lowest BCUT2D eigenvalue weighted by molar-refractivity contribution is -0.307. The molecule has 0 aromatic heterocycles. The van der Waals surface area contributed by atoms with Gasteiger partial charge in [-0.1, -0.05) is 34.8 Å². The van der Waals surface area contributed by atoms with Gasteiger partial charge < -0.3 is 14.4 Å². The van der Waals surface area contributed by atoms with Crippen LogP contribution in [0, 0.1) is 0 Å². The summed E-state index contributed by atoms with van der Waals surface area (Å²) in [6, 6.07) is 0. The molecule has 0 aliphatic rings. The minimum atomic E-state index is -5.53. The first-order chi connectivity index (χ1) is 5.55. The Morgan fingerprint density at radius 1 is 1.23 bits per heavy atom. The van der Waals surface area contributed by atoms with Gasteiger partial charge in [-0.05, 0) is 0 Å². The molecule has 0 atom stereocenters. The number of hydrogen-bond donors (Lipinski definition) is 1. The number of amides is 2. The van der Waals surface area contributed by atoms with Crippen LogP contribution in [-0.4, -0.2) is 15.3 Å². The van der Waals surface area contributed by atoms with E-state index in [-0.39, 0.29) is 0 Å². The Morgan fingerprint density at radius 2 is 1.62 bits per heavy atom. The van der Waals surface area contributed by atoms with Crippen molar-refractivity contribution in [2.24, 2.45) is 0 Å². The summed E-state index contributed by atoms with van der Waals surface area (Å²) in [5.41, 5.74) is -2.04. The average Bonchev–Trinajstić information content (AvgIpc) is 1.82. The highest BCUT2D eigenvalue weighted by Crippen LogP contribution is 2.28. The molecule has 0 heterocycles. The van der Waals surface area contributed by atoms with Gasteiger partial charge in [0, 0.05) is 7.60 Å². The fraction of sp³-hybridized carbons (Fsp3) is 0.333. The summed E-state index contributed by atoms with van der Waals surface area (Å²) >= 11 is 14.9. The fourth-order valence-electron chi connectivity index (χ4n) is 0.236. The molecule has 6 nitrogen and oxygen atoms in total. The first kappa shape index (κ1) is 13.2. The molecule has 2 amide bonds. The quantitative estimate of drug-likeness (QED) is 0.509. The second-order valence-electron chi connectivity index (χ2n) is 1.75. The van der Waals surface area contributed by atoms with Crippen LogP contribution in [0.2, 0.25) is 0 Å². The molecular formula is C3HCl3NO5P-2. The van der Waals surface area contributed by atoms with E-state index in [1.54, 1.807) is 0 Å². The van der Waals surface area contributed by atoms with Gasteiger partial charge in [-0.3, -0.25) is 14.9 Å². The van der Waals surface area contributed by atoms with Crippen LogP contribution in [0.15, 0.2) is 0 Å². The van der Waals surface area contributed by atoms with Crippen LogP contribution in [0.25, 0.3) is 0 Å². The molecule has 0 aromatic rings. The first-order valence-corrected chi connectivity index (χ1v) is 5.17. The van der Waals surface area contributed by atoms with Crippen molar-refractivity contribution in [1.29, 1.82) is 0 Å². The van der Waals surface area contributed by atoms with Crippen molar-refractivity contribution in [2.45, 2.75) is 3.79 Å². The monoisotopic (exact) mass is 267 g/mol. The topological polar surface area (TPSA) is 109 Å². The van der Waals surface area contributed by atoms with E-state index in [4.69, 9.17) is 34.8 Å². The van der Waals surface area contributed by atoms with Gasteiger partial charge in [0.05, 0.1) is 0 Å². The number of imide groups is 1. The maximum Gasteiger partial charge on any atom is 0.278 e. The van der Waals surface area contributed by atoms with E-state index in [2.05, 4.69) is 0 Å². The number of alkyl halides is 3. The maximum absolute atomic E-state index is 10.6. The fourth-order valence-corrected chi connectivity index (χ4v) is 0.617. The Bertz CT molecular complexity index is 279. The SMILES string of the molecule is O=C(NC(=O)P(=O)([O-])[O-])C(Cl)(Cl)Cl. The van der Waals surface area contributed by atoms with Crippen LogP contribution in [0.4, 0.5) is 4.79 Å². The van der Waals surface area contributed by atoms with Crippen LogP contribution in [0.5, 0.6) is 0 Å². The molecule has 0 fully saturated rings. The Morgan fingerprint density at radius 3 is 1.85 bits per heavy atom. The van der Waals surface area contributed by atoms with Gasteiger partial charge in [0.1, 0.15) is 0 Å². The summed E-state index contributed by atoms with van der Waals surface area (Å²) in [7, 11) is -5.53. The molecule has 10 heteroatoms. The van der Waals surface area contributed by atoms with Crippen molar-refractivity contribution < 1.29 is 23.9 Å². The molecule has 13 heavy (non-hydrogen) atoms. The second kappa shape index (κ2) is 4.13. The first-order valence-electron chi connectivity index (χ1n) is 2.50. The van der Waals surface area contributed by atoms with E-state index in [0.29, 0.717) is 0 Å². The molecule has 76 valence electrons. The third-order valence-corrected chi connectivity index (χ3v) is 1.85. The van der Waals surface area contributed by atoms with E-state index in [1.807, 2.05) is 0 Å². The predicted octanol–water partition coefficient (Wildman–Crippen LogP) is -0.494.